The van der Waals surface area contributed by atoms with Crippen LogP contribution in [-0.2, 0) is 39.3 Å². The molecule has 8 heteroatoms. The molecule has 194 valence electrons. The Bertz CT molecular complexity index is 1060. The van der Waals surface area contributed by atoms with Crippen molar-refractivity contribution in [2.45, 2.75) is 51.7 Å². The van der Waals surface area contributed by atoms with Gasteiger partial charge in [-0.05, 0) is 81.1 Å². The summed E-state index contributed by atoms with van der Waals surface area (Å²) in [7, 11) is 1.97. The second-order valence-electron chi connectivity index (χ2n) is 8.61. The van der Waals surface area contributed by atoms with Gasteiger partial charge in [-0.25, -0.2) is 9.59 Å². The maximum atomic E-state index is 13.0. The number of likely N-dealkylation sites (N-methyl/N-ethyl adjacent to an activating group) is 1. The van der Waals surface area contributed by atoms with E-state index < -0.39 is 11.4 Å². The first kappa shape index (κ1) is 29.0. The smallest absolute Gasteiger partial charge is 0.338 e. The zero-order chi connectivity index (χ0) is 26.6. The molecule has 0 saturated carbocycles. The van der Waals surface area contributed by atoms with E-state index in [1.54, 1.807) is 38.1 Å². The van der Waals surface area contributed by atoms with E-state index in [1.165, 1.54) is 0 Å². The van der Waals surface area contributed by atoms with Crippen LogP contribution in [0.4, 0.5) is 0 Å². The fraction of sp³-hybridized carbons (Fsp3) is 0.464. The van der Waals surface area contributed by atoms with Gasteiger partial charge in [-0.1, -0.05) is 30.3 Å². The minimum atomic E-state index is -1.51. The van der Waals surface area contributed by atoms with Gasteiger partial charge in [0.05, 0.1) is 38.1 Å². The van der Waals surface area contributed by atoms with Crippen LogP contribution in [0.15, 0.2) is 42.5 Å². The Morgan fingerprint density at radius 3 is 2.36 bits per heavy atom. The van der Waals surface area contributed by atoms with E-state index in [2.05, 4.69) is 11.0 Å². The predicted molar refractivity (Wildman–Crippen MR) is 135 cm³/mol. The van der Waals surface area contributed by atoms with Crippen LogP contribution in [0.1, 0.15) is 59.3 Å². The number of carbonyl (C=O) groups is 2. The topological polar surface area (TPSA) is 120 Å². The Hall–Kier alpha value is -3.25. The van der Waals surface area contributed by atoms with Crippen LogP contribution < -0.4 is 0 Å². The normalized spacial score (nSPS) is 12.6. The highest BCUT2D eigenvalue weighted by molar-refractivity contribution is 5.89. The van der Waals surface area contributed by atoms with Crippen LogP contribution in [-0.4, -0.2) is 60.4 Å². The molecule has 0 aliphatic rings. The highest BCUT2D eigenvalue weighted by atomic mass is 16.5. The Balaban J connectivity index is 2.08. The summed E-state index contributed by atoms with van der Waals surface area (Å²) < 4.78 is 10.3. The molecule has 2 N–H and O–H groups in total. The molecular formula is C28H36N2O6. The molecule has 36 heavy (non-hydrogen) atoms. The summed E-state index contributed by atoms with van der Waals surface area (Å²) in [5, 5.41) is 29.3. The van der Waals surface area contributed by atoms with Crippen molar-refractivity contribution in [2.75, 3.05) is 33.4 Å². The van der Waals surface area contributed by atoms with Crippen LogP contribution in [0.25, 0.3) is 0 Å². The standard InChI is InChI=1S/C28H36N2O6/c1-4-35-26(33)22-9-6-8-21(16-22)12-15-30(3)14-7-13-28(20-29,27(34)36-5-2)25-11-10-23(18-31)24(17-25)19-32/h6,8-11,16-17,31-32H,4-5,7,12-15,18-19H2,1-3H3. The number of aliphatic hydroxyl groups excluding tert-OH is 2. The maximum absolute atomic E-state index is 13.0. The Morgan fingerprint density at radius 1 is 1.00 bits per heavy atom. The fourth-order valence-corrected chi connectivity index (χ4v) is 4.09. The Kier molecular flexibility index (Phi) is 11.5. The number of carbonyl (C=O) groups excluding carboxylic acids is 2. The van der Waals surface area contributed by atoms with Crippen LogP contribution >= 0.6 is 0 Å². The van der Waals surface area contributed by atoms with Gasteiger partial charge in [0.1, 0.15) is 0 Å². The largest absolute Gasteiger partial charge is 0.465 e. The lowest BCUT2D eigenvalue weighted by molar-refractivity contribution is -0.148. The lowest BCUT2D eigenvalue weighted by Crippen LogP contribution is -2.37. The third kappa shape index (κ3) is 7.37. The SMILES string of the molecule is CCOC(=O)c1cccc(CCN(C)CCCC(C#N)(C(=O)OCC)c2ccc(CO)c(CO)c2)c1. The lowest BCUT2D eigenvalue weighted by atomic mass is 9.77. The predicted octanol–water partition coefficient (Wildman–Crippen LogP) is 3.13. The summed E-state index contributed by atoms with van der Waals surface area (Å²) >= 11 is 0. The summed E-state index contributed by atoms with van der Waals surface area (Å²) in [5.74, 6) is -0.956. The molecule has 8 nitrogen and oxygen atoms in total. The zero-order valence-electron chi connectivity index (χ0n) is 21.3. The number of esters is 2. The van der Waals surface area contributed by atoms with Gasteiger partial charge in [0.2, 0.25) is 0 Å². The minimum absolute atomic E-state index is 0.147. The molecule has 1 atom stereocenters. The molecule has 0 aliphatic carbocycles. The van der Waals surface area contributed by atoms with Gasteiger partial charge in [0.15, 0.2) is 5.41 Å². The van der Waals surface area contributed by atoms with Crippen molar-refractivity contribution in [3.05, 3.63) is 70.3 Å². The van der Waals surface area contributed by atoms with Crippen LogP contribution in [0.5, 0.6) is 0 Å². The number of ether oxygens (including phenoxy) is 2. The molecule has 2 rings (SSSR count). The highest BCUT2D eigenvalue weighted by Gasteiger charge is 2.42. The van der Waals surface area contributed by atoms with E-state index in [0.29, 0.717) is 41.8 Å². The number of aliphatic hydroxyl groups is 2. The van der Waals surface area contributed by atoms with E-state index in [-0.39, 0.29) is 32.2 Å². The van der Waals surface area contributed by atoms with E-state index in [4.69, 9.17) is 9.47 Å². The molecule has 0 aromatic heterocycles. The molecule has 2 aromatic carbocycles. The highest BCUT2D eigenvalue weighted by Crippen LogP contribution is 2.32. The molecule has 1 unspecified atom stereocenters. The monoisotopic (exact) mass is 496 g/mol. The van der Waals surface area contributed by atoms with Crippen LogP contribution in [0.2, 0.25) is 0 Å². The van der Waals surface area contributed by atoms with Gasteiger partial charge in [-0.3, -0.25) is 0 Å². The van der Waals surface area contributed by atoms with Crippen molar-refractivity contribution in [1.29, 1.82) is 5.26 Å². The van der Waals surface area contributed by atoms with Gasteiger partial charge in [-0.15, -0.1) is 0 Å². The number of nitrogens with zero attached hydrogens (tertiary/aromatic N) is 2. The van der Waals surface area contributed by atoms with Crippen molar-refractivity contribution in [3.8, 4) is 6.07 Å². The van der Waals surface area contributed by atoms with Crippen molar-refractivity contribution in [3.63, 3.8) is 0 Å². The quantitative estimate of drug-likeness (QED) is 0.383. The summed E-state index contributed by atoms with van der Waals surface area (Å²) in [6.07, 6.45) is 1.53. The number of nitriles is 1. The Labute approximate surface area is 213 Å². The van der Waals surface area contributed by atoms with Crippen LogP contribution in [0, 0.1) is 11.3 Å². The van der Waals surface area contributed by atoms with Crippen molar-refractivity contribution < 1.29 is 29.3 Å². The molecule has 0 saturated heterocycles. The maximum Gasteiger partial charge on any atom is 0.338 e. The van der Waals surface area contributed by atoms with E-state index in [0.717, 1.165) is 18.5 Å². The van der Waals surface area contributed by atoms with Crippen molar-refractivity contribution in [2.24, 2.45) is 0 Å². The number of hydrogen-bond donors (Lipinski definition) is 2. The summed E-state index contributed by atoms with van der Waals surface area (Å²) in [6.45, 7) is 4.75. The first-order chi connectivity index (χ1) is 17.3. The third-order valence-corrected chi connectivity index (χ3v) is 6.17. The first-order valence-electron chi connectivity index (χ1n) is 12.2. The molecule has 0 fully saturated rings. The van der Waals surface area contributed by atoms with Crippen molar-refractivity contribution in [1.82, 2.24) is 4.90 Å². The molecule has 2 aromatic rings. The molecule has 0 bridgehead atoms. The van der Waals surface area contributed by atoms with Gasteiger partial charge in [-0.2, -0.15) is 5.26 Å². The Morgan fingerprint density at radius 2 is 1.72 bits per heavy atom. The van der Waals surface area contributed by atoms with E-state index >= 15 is 0 Å². The van der Waals surface area contributed by atoms with Crippen LogP contribution in [0.3, 0.4) is 0 Å². The van der Waals surface area contributed by atoms with E-state index in [9.17, 15) is 25.1 Å². The second kappa shape index (κ2) is 14.3. The lowest BCUT2D eigenvalue weighted by Gasteiger charge is -2.27. The molecule has 0 amide bonds. The van der Waals surface area contributed by atoms with Gasteiger partial charge >= 0.3 is 11.9 Å². The zero-order valence-corrected chi connectivity index (χ0v) is 21.3. The average Bonchev–Trinajstić information content (AvgIpc) is 2.90. The van der Waals surface area contributed by atoms with Gasteiger partial charge < -0.3 is 24.6 Å². The molecular weight excluding hydrogens is 460 g/mol. The fourth-order valence-electron chi connectivity index (χ4n) is 4.09. The average molecular weight is 497 g/mol. The minimum Gasteiger partial charge on any atom is -0.465 e. The van der Waals surface area contributed by atoms with Gasteiger partial charge in [0, 0.05) is 6.54 Å². The summed E-state index contributed by atoms with van der Waals surface area (Å²) in [5.41, 5.74) is 1.50. The van der Waals surface area contributed by atoms with Crippen molar-refractivity contribution >= 4 is 11.9 Å². The summed E-state index contributed by atoms with van der Waals surface area (Å²) in [6, 6.07) is 14.4. The molecule has 0 spiro atoms. The number of benzene rings is 2. The number of rotatable bonds is 14. The van der Waals surface area contributed by atoms with Gasteiger partial charge in [0.25, 0.3) is 0 Å². The first-order valence-corrected chi connectivity index (χ1v) is 12.2. The second-order valence-corrected chi connectivity index (χ2v) is 8.61. The van der Waals surface area contributed by atoms with E-state index in [1.807, 2.05) is 25.2 Å². The third-order valence-electron chi connectivity index (χ3n) is 6.17. The molecule has 0 aliphatic heterocycles. The molecule has 0 heterocycles. The summed E-state index contributed by atoms with van der Waals surface area (Å²) in [4.78, 5) is 27.0. The molecule has 0 radical (unpaired) electrons. The number of hydrogen-bond acceptors (Lipinski definition) is 8.